The summed E-state index contributed by atoms with van der Waals surface area (Å²) < 4.78 is 67.4. The maximum atomic E-state index is 13.5. The highest BCUT2D eigenvalue weighted by Crippen LogP contribution is 2.40. The minimum atomic E-state index is -4.81. The number of nitrogens with zero attached hydrogens (tertiary/aromatic N) is 4. The zero-order valence-electron chi connectivity index (χ0n) is 12.5. The minimum Gasteiger partial charge on any atom is -0.289 e. The molecule has 0 saturated carbocycles. The number of hydrogen-bond donors (Lipinski definition) is 1. The molecule has 1 aromatic carbocycles. The number of fused-ring (bicyclic) bond motifs is 2. The normalized spacial score (nSPS) is 12.6. The number of hydrogen-bond acceptors (Lipinski definition) is 3. The molecule has 11 heteroatoms. The lowest BCUT2D eigenvalue weighted by molar-refractivity contribution is -0.140. The van der Waals surface area contributed by atoms with Crippen LogP contribution in [0, 0.1) is 0 Å². The van der Waals surface area contributed by atoms with Crippen molar-refractivity contribution >= 4 is 28.2 Å². The van der Waals surface area contributed by atoms with Crippen molar-refractivity contribution < 1.29 is 22.0 Å². The maximum Gasteiger partial charge on any atom is 0.434 e. The summed E-state index contributed by atoms with van der Waals surface area (Å²) in [5, 5.41) is 7.01. The van der Waals surface area contributed by atoms with Gasteiger partial charge in [-0.15, -0.1) is 0 Å². The van der Waals surface area contributed by atoms with Gasteiger partial charge in [0.15, 0.2) is 5.69 Å². The Labute approximate surface area is 146 Å². The summed E-state index contributed by atoms with van der Waals surface area (Å²) >= 11 is 6.11. The van der Waals surface area contributed by atoms with Gasteiger partial charge in [0.25, 0.3) is 6.43 Å². The van der Waals surface area contributed by atoms with Gasteiger partial charge >= 0.3 is 6.18 Å². The summed E-state index contributed by atoms with van der Waals surface area (Å²) in [4.78, 5) is 7.08. The Morgan fingerprint density at radius 1 is 1.19 bits per heavy atom. The van der Waals surface area contributed by atoms with Crippen LogP contribution in [0.5, 0.6) is 0 Å². The fraction of sp³-hybridized carbons (Fsp3) is 0.133. The highest BCUT2D eigenvalue weighted by Gasteiger charge is 2.37. The molecule has 3 aromatic heterocycles. The first kappa shape index (κ1) is 16.7. The number of aromatic nitrogens is 5. The highest BCUT2D eigenvalue weighted by atomic mass is 35.5. The SMILES string of the molecule is FC(F)c1cn2cnc(C(F)(F)F)c(-c3cc(Cl)c4[nH]ncc4c3)c2n1. The molecular weight excluding hydrogens is 381 g/mol. The molecule has 0 unspecified atom stereocenters. The van der Waals surface area contributed by atoms with Crippen LogP contribution in [0.15, 0.2) is 30.9 Å². The molecule has 0 fully saturated rings. The van der Waals surface area contributed by atoms with Crippen LogP contribution in [-0.4, -0.2) is 24.6 Å². The molecule has 0 bridgehead atoms. The smallest absolute Gasteiger partial charge is 0.289 e. The zero-order valence-corrected chi connectivity index (χ0v) is 13.3. The molecule has 134 valence electrons. The molecule has 0 amide bonds. The Hall–Kier alpha value is -2.75. The van der Waals surface area contributed by atoms with Crippen molar-refractivity contribution in [2.24, 2.45) is 0 Å². The average molecular weight is 388 g/mol. The van der Waals surface area contributed by atoms with E-state index in [4.69, 9.17) is 11.6 Å². The van der Waals surface area contributed by atoms with Crippen LogP contribution in [0.4, 0.5) is 22.0 Å². The van der Waals surface area contributed by atoms with E-state index in [1.54, 1.807) is 0 Å². The van der Waals surface area contributed by atoms with Crippen molar-refractivity contribution in [2.75, 3.05) is 0 Å². The number of halogens is 6. The van der Waals surface area contributed by atoms with E-state index in [0.29, 0.717) is 10.9 Å². The predicted molar refractivity (Wildman–Crippen MR) is 83.0 cm³/mol. The molecule has 0 radical (unpaired) electrons. The van der Waals surface area contributed by atoms with Crippen molar-refractivity contribution in [1.29, 1.82) is 0 Å². The standard InChI is InChI=1S/C15H7ClF5N5/c16-8-2-6(1-7-3-23-25-11(7)8)10-12(15(19,20)21)22-5-26-4-9(13(17)18)24-14(10)26/h1-5,13H,(H,23,25). The van der Waals surface area contributed by atoms with Gasteiger partial charge in [-0.3, -0.25) is 9.50 Å². The van der Waals surface area contributed by atoms with Crippen LogP contribution in [0.2, 0.25) is 5.02 Å². The Balaban J connectivity index is 2.09. The van der Waals surface area contributed by atoms with Crippen LogP contribution in [-0.2, 0) is 6.18 Å². The Morgan fingerprint density at radius 3 is 2.65 bits per heavy atom. The third-order valence-corrected chi connectivity index (χ3v) is 4.10. The van der Waals surface area contributed by atoms with Crippen LogP contribution < -0.4 is 0 Å². The minimum absolute atomic E-state index is 0.0424. The van der Waals surface area contributed by atoms with Crippen molar-refractivity contribution in [3.63, 3.8) is 0 Å². The molecule has 0 aliphatic carbocycles. The average Bonchev–Trinajstić information content (AvgIpc) is 3.19. The first-order valence-corrected chi connectivity index (χ1v) is 7.49. The number of imidazole rings is 1. The lowest BCUT2D eigenvalue weighted by Gasteiger charge is -2.13. The van der Waals surface area contributed by atoms with Crippen molar-refractivity contribution in [2.45, 2.75) is 12.6 Å². The lowest BCUT2D eigenvalue weighted by atomic mass is 10.0. The Morgan fingerprint density at radius 2 is 1.96 bits per heavy atom. The van der Waals surface area contributed by atoms with Gasteiger partial charge in [0, 0.05) is 11.6 Å². The summed E-state index contributed by atoms with van der Waals surface area (Å²) in [6.45, 7) is 0. The van der Waals surface area contributed by atoms with Gasteiger partial charge in [-0.2, -0.15) is 18.3 Å². The van der Waals surface area contributed by atoms with E-state index in [-0.39, 0.29) is 16.2 Å². The number of H-pyrrole nitrogens is 1. The van der Waals surface area contributed by atoms with Crippen LogP contribution in [0.3, 0.4) is 0 Å². The molecule has 0 aliphatic rings. The van der Waals surface area contributed by atoms with E-state index in [2.05, 4.69) is 20.2 Å². The monoisotopic (exact) mass is 387 g/mol. The van der Waals surface area contributed by atoms with E-state index < -0.39 is 29.6 Å². The van der Waals surface area contributed by atoms with E-state index in [9.17, 15) is 22.0 Å². The van der Waals surface area contributed by atoms with Gasteiger partial charge in [-0.05, 0) is 17.7 Å². The summed E-state index contributed by atoms with van der Waals surface area (Å²) in [5.74, 6) is 0. The topological polar surface area (TPSA) is 58.9 Å². The number of aromatic amines is 1. The van der Waals surface area contributed by atoms with E-state index in [1.165, 1.54) is 18.3 Å². The van der Waals surface area contributed by atoms with Crippen LogP contribution in [0.25, 0.3) is 27.7 Å². The molecule has 0 atom stereocenters. The fourth-order valence-corrected chi connectivity index (χ4v) is 2.99. The second-order valence-electron chi connectivity index (χ2n) is 5.46. The first-order chi connectivity index (χ1) is 12.3. The Kier molecular flexibility index (Phi) is 3.62. The molecule has 0 spiro atoms. The maximum absolute atomic E-state index is 13.5. The van der Waals surface area contributed by atoms with Crippen LogP contribution in [0.1, 0.15) is 17.8 Å². The first-order valence-electron chi connectivity index (χ1n) is 7.11. The largest absolute Gasteiger partial charge is 0.434 e. The predicted octanol–water partition coefficient (Wildman–Crippen LogP) is 4.88. The third kappa shape index (κ3) is 2.57. The number of rotatable bonds is 2. The molecule has 26 heavy (non-hydrogen) atoms. The molecule has 5 nitrogen and oxygen atoms in total. The summed E-state index contributed by atoms with van der Waals surface area (Å²) in [6, 6.07) is 2.69. The fourth-order valence-electron chi connectivity index (χ4n) is 2.72. The van der Waals surface area contributed by atoms with E-state index in [0.717, 1.165) is 16.9 Å². The van der Waals surface area contributed by atoms with E-state index >= 15 is 0 Å². The molecule has 4 rings (SSSR count). The van der Waals surface area contributed by atoms with E-state index in [1.807, 2.05) is 0 Å². The van der Waals surface area contributed by atoms with Gasteiger partial charge in [0.1, 0.15) is 17.7 Å². The van der Waals surface area contributed by atoms with Gasteiger partial charge in [0.05, 0.1) is 22.3 Å². The number of nitrogens with one attached hydrogen (secondary N) is 1. The second-order valence-corrected chi connectivity index (χ2v) is 5.86. The quantitative estimate of drug-likeness (QED) is 0.499. The second kappa shape index (κ2) is 5.63. The Bertz CT molecular complexity index is 1130. The van der Waals surface area contributed by atoms with Gasteiger partial charge < -0.3 is 0 Å². The van der Waals surface area contributed by atoms with Gasteiger partial charge in [-0.25, -0.2) is 18.7 Å². The summed E-state index contributed by atoms with van der Waals surface area (Å²) in [5.41, 5.74) is -2.13. The van der Waals surface area contributed by atoms with Gasteiger partial charge in [0.2, 0.25) is 0 Å². The molecule has 0 saturated heterocycles. The highest BCUT2D eigenvalue weighted by molar-refractivity contribution is 6.35. The lowest BCUT2D eigenvalue weighted by Crippen LogP contribution is -2.12. The third-order valence-electron chi connectivity index (χ3n) is 3.80. The molecule has 3 heterocycles. The van der Waals surface area contributed by atoms with Crippen molar-refractivity contribution in [1.82, 2.24) is 24.6 Å². The molecule has 0 aliphatic heterocycles. The molecular formula is C15H7ClF5N5. The van der Waals surface area contributed by atoms with Gasteiger partial charge in [-0.1, -0.05) is 11.6 Å². The molecule has 4 aromatic rings. The number of alkyl halides is 5. The summed E-state index contributed by atoms with van der Waals surface area (Å²) in [7, 11) is 0. The number of benzene rings is 1. The zero-order chi connectivity index (χ0) is 18.6. The van der Waals surface area contributed by atoms with Crippen molar-refractivity contribution in [3.05, 3.63) is 47.3 Å². The molecule has 1 N–H and O–H groups in total. The summed E-state index contributed by atoms with van der Waals surface area (Å²) in [6.07, 6.45) is -4.61. The van der Waals surface area contributed by atoms with Crippen molar-refractivity contribution in [3.8, 4) is 11.1 Å². The van der Waals surface area contributed by atoms with Crippen LogP contribution >= 0.6 is 11.6 Å².